The van der Waals surface area contributed by atoms with Gasteiger partial charge in [0.05, 0.1) is 22.1 Å². The van der Waals surface area contributed by atoms with Crippen molar-refractivity contribution in [1.82, 2.24) is 9.66 Å². The molecule has 5 nitrogen and oxygen atoms in total. The number of para-hydroxylation sites is 1. The lowest BCUT2D eigenvalue weighted by Gasteiger charge is -2.22. The largest absolute Gasteiger partial charge is 0.487 e. The molecule has 1 aromatic heterocycles. The molecular weight excluding hydrogens is 465 g/mol. The third-order valence-electron chi connectivity index (χ3n) is 6.31. The van der Waals surface area contributed by atoms with Crippen molar-refractivity contribution >= 4 is 28.7 Å². The Morgan fingerprint density at radius 2 is 1.89 bits per heavy atom. The molecule has 178 valence electrons. The Balaban J connectivity index is 1.42. The van der Waals surface area contributed by atoms with Crippen molar-refractivity contribution < 1.29 is 9.13 Å². The van der Waals surface area contributed by atoms with Gasteiger partial charge in [-0.1, -0.05) is 55.1 Å². The molecule has 0 N–H and O–H groups in total. The maximum atomic E-state index is 13.4. The Morgan fingerprint density at radius 1 is 1.06 bits per heavy atom. The SMILES string of the molecule is O=c1c2ccccc2nc(C2CCCCC2)n1N=Cc1ccc(OCc2cccc(F)c2)c(Cl)c1. The van der Waals surface area contributed by atoms with Crippen molar-refractivity contribution in [3.63, 3.8) is 0 Å². The van der Waals surface area contributed by atoms with Gasteiger partial charge in [0.1, 0.15) is 24.0 Å². The van der Waals surface area contributed by atoms with Gasteiger partial charge in [0.2, 0.25) is 0 Å². The van der Waals surface area contributed by atoms with Crippen LogP contribution in [0.4, 0.5) is 4.39 Å². The lowest BCUT2D eigenvalue weighted by molar-refractivity contribution is 0.306. The molecule has 1 aliphatic rings. The van der Waals surface area contributed by atoms with Crippen LogP contribution in [0.3, 0.4) is 0 Å². The third kappa shape index (κ3) is 5.28. The summed E-state index contributed by atoms with van der Waals surface area (Å²) in [6.45, 7) is 0.202. The van der Waals surface area contributed by atoms with E-state index in [0.29, 0.717) is 33.1 Å². The van der Waals surface area contributed by atoms with Gasteiger partial charge in [0.25, 0.3) is 5.56 Å². The van der Waals surface area contributed by atoms with E-state index >= 15 is 0 Å². The van der Waals surface area contributed by atoms with Crippen LogP contribution in [0.5, 0.6) is 5.75 Å². The van der Waals surface area contributed by atoms with Gasteiger partial charge in [0.15, 0.2) is 0 Å². The summed E-state index contributed by atoms with van der Waals surface area (Å²) < 4.78 is 20.6. The fraction of sp³-hybridized carbons (Fsp3) is 0.250. The van der Waals surface area contributed by atoms with Crippen LogP contribution in [0.25, 0.3) is 10.9 Å². The first-order valence-electron chi connectivity index (χ1n) is 11.8. The van der Waals surface area contributed by atoms with Crippen molar-refractivity contribution in [3.05, 3.63) is 105 Å². The fourth-order valence-electron chi connectivity index (χ4n) is 4.50. The number of aromatic nitrogens is 2. The monoisotopic (exact) mass is 489 g/mol. The molecule has 1 saturated carbocycles. The first-order valence-corrected chi connectivity index (χ1v) is 12.2. The van der Waals surface area contributed by atoms with Gasteiger partial charge in [0, 0.05) is 5.92 Å². The van der Waals surface area contributed by atoms with Gasteiger partial charge in [-0.3, -0.25) is 4.79 Å². The number of halogens is 2. The summed E-state index contributed by atoms with van der Waals surface area (Å²) in [5.74, 6) is 1.10. The Hall–Kier alpha value is -3.51. The summed E-state index contributed by atoms with van der Waals surface area (Å²) in [5.41, 5.74) is 1.97. The highest BCUT2D eigenvalue weighted by molar-refractivity contribution is 6.32. The van der Waals surface area contributed by atoms with Crippen LogP contribution >= 0.6 is 11.6 Å². The Kier molecular flexibility index (Phi) is 6.91. The highest BCUT2D eigenvalue weighted by atomic mass is 35.5. The summed E-state index contributed by atoms with van der Waals surface area (Å²) in [7, 11) is 0. The minimum atomic E-state index is -0.310. The van der Waals surface area contributed by atoms with Crippen LogP contribution in [0.2, 0.25) is 5.02 Å². The van der Waals surface area contributed by atoms with Crippen molar-refractivity contribution in [2.24, 2.45) is 5.10 Å². The number of hydrogen-bond acceptors (Lipinski definition) is 4. The average molecular weight is 490 g/mol. The summed E-state index contributed by atoms with van der Waals surface area (Å²) in [6, 6.07) is 18.9. The van der Waals surface area contributed by atoms with Gasteiger partial charge in [-0.2, -0.15) is 9.78 Å². The van der Waals surface area contributed by atoms with Gasteiger partial charge < -0.3 is 4.74 Å². The zero-order valence-corrected chi connectivity index (χ0v) is 19.9. The predicted molar refractivity (Wildman–Crippen MR) is 137 cm³/mol. The van der Waals surface area contributed by atoms with Crippen molar-refractivity contribution in [2.75, 3.05) is 0 Å². The van der Waals surface area contributed by atoms with E-state index in [1.807, 2.05) is 24.3 Å². The molecule has 5 rings (SSSR count). The number of ether oxygens (including phenoxy) is 1. The lowest BCUT2D eigenvalue weighted by Crippen LogP contribution is -2.25. The second-order valence-electron chi connectivity index (χ2n) is 8.79. The minimum Gasteiger partial charge on any atom is -0.487 e. The van der Waals surface area contributed by atoms with Crippen LogP contribution in [-0.4, -0.2) is 15.9 Å². The number of nitrogens with zero attached hydrogens (tertiary/aromatic N) is 3. The molecule has 0 radical (unpaired) electrons. The van der Waals surface area contributed by atoms with E-state index in [0.717, 1.165) is 31.2 Å². The number of rotatable bonds is 6. The maximum absolute atomic E-state index is 13.4. The standard InChI is InChI=1S/C28H25ClFN3O2/c29-24-16-19(13-14-26(24)35-18-20-7-6-10-22(30)15-20)17-31-33-27(21-8-2-1-3-9-21)32-25-12-5-4-11-23(25)28(33)34/h4-7,10-17,21H,1-3,8-9,18H2. The molecule has 0 spiro atoms. The third-order valence-corrected chi connectivity index (χ3v) is 6.61. The van der Waals surface area contributed by atoms with Crippen molar-refractivity contribution in [1.29, 1.82) is 0 Å². The van der Waals surface area contributed by atoms with Gasteiger partial charge >= 0.3 is 0 Å². The molecule has 0 bridgehead atoms. The van der Waals surface area contributed by atoms with Crippen molar-refractivity contribution in [2.45, 2.75) is 44.6 Å². The van der Waals surface area contributed by atoms with E-state index in [1.54, 1.807) is 36.5 Å². The molecule has 35 heavy (non-hydrogen) atoms. The van der Waals surface area contributed by atoms with Crippen LogP contribution in [0.15, 0.2) is 76.6 Å². The van der Waals surface area contributed by atoms with E-state index < -0.39 is 0 Å². The molecule has 0 unspecified atom stereocenters. The number of fused-ring (bicyclic) bond motifs is 1. The summed E-state index contributed by atoms with van der Waals surface area (Å²) in [5, 5.41) is 5.50. The molecule has 4 aromatic rings. The highest BCUT2D eigenvalue weighted by Crippen LogP contribution is 2.32. The maximum Gasteiger partial charge on any atom is 0.282 e. The Labute approximate surface area is 207 Å². The average Bonchev–Trinajstić information content (AvgIpc) is 2.88. The molecule has 0 atom stereocenters. The molecule has 1 heterocycles. The summed E-state index contributed by atoms with van der Waals surface area (Å²) >= 11 is 6.43. The predicted octanol–water partition coefficient (Wildman–Crippen LogP) is 6.70. The fourth-order valence-corrected chi connectivity index (χ4v) is 4.75. The molecule has 7 heteroatoms. The van der Waals surface area contributed by atoms with Crippen LogP contribution in [0, 0.1) is 5.82 Å². The lowest BCUT2D eigenvalue weighted by atomic mass is 9.88. The van der Waals surface area contributed by atoms with Gasteiger partial charge in [-0.15, -0.1) is 0 Å². The Bertz CT molecular complexity index is 1440. The second-order valence-corrected chi connectivity index (χ2v) is 9.20. The normalized spacial score (nSPS) is 14.6. The van der Waals surface area contributed by atoms with Crippen LogP contribution < -0.4 is 10.3 Å². The molecule has 3 aromatic carbocycles. The first kappa shape index (κ1) is 23.2. The van der Waals surface area contributed by atoms with Gasteiger partial charge in [-0.05, 0) is 66.4 Å². The van der Waals surface area contributed by atoms with E-state index in [-0.39, 0.29) is 23.9 Å². The van der Waals surface area contributed by atoms with E-state index in [2.05, 4.69) is 5.10 Å². The van der Waals surface area contributed by atoms with Crippen molar-refractivity contribution in [3.8, 4) is 5.75 Å². The van der Waals surface area contributed by atoms with E-state index in [4.69, 9.17) is 21.3 Å². The second kappa shape index (κ2) is 10.4. The van der Waals surface area contributed by atoms with Gasteiger partial charge in [-0.25, -0.2) is 9.37 Å². The molecule has 0 saturated heterocycles. The van der Waals surface area contributed by atoms with E-state index in [1.165, 1.54) is 23.2 Å². The zero-order chi connectivity index (χ0) is 24.2. The topological polar surface area (TPSA) is 56.5 Å². The summed E-state index contributed by atoms with van der Waals surface area (Å²) in [6.07, 6.45) is 7.09. The number of benzene rings is 3. The Morgan fingerprint density at radius 3 is 2.69 bits per heavy atom. The van der Waals surface area contributed by atoms with Crippen LogP contribution in [-0.2, 0) is 6.61 Å². The summed E-state index contributed by atoms with van der Waals surface area (Å²) in [4.78, 5) is 18.2. The van der Waals surface area contributed by atoms with Crippen LogP contribution in [0.1, 0.15) is 55.0 Å². The minimum absolute atomic E-state index is 0.173. The quantitative estimate of drug-likeness (QED) is 0.283. The highest BCUT2D eigenvalue weighted by Gasteiger charge is 2.22. The smallest absolute Gasteiger partial charge is 0.282 e. The number of hydrogen-bond donors (Lipinski definition) is 0. The zero-order valence-electron chi connectivity index (χ0n) is 19.2. The first-order chi connectivity index (χ1) is 17.1. The van der Waals surface area contributed by atoms with E-state index in [9.17, 15) is 9.18 Å². The molecule has 1 aliphatic carbocycles. The molecule has 1 fully saturated rings. The molecule has 0 amide bonds. The molecule has 0 aliphatic heterocycles. The molecular formula is C28H25ClFN3O2.